The summed E-state index contributed by atoms with van der Waals surface area (Å²) in [5.74, 6) is -0.447. The first-order valence-corrected chi connectivity index (χ1v) is 7.96. The van der Waals surface area contributed by atoms with Crippen LogP contribution in [0.5, 0.6) is 0 Å². The van der Waals surface area contributed by atoms with Gasteiger partial charge in [-0.2, -0.15) is 0 Å². The molecule has 128 valence electrons. The molecule has 0 bridgehead atoms. The maximum Gasteiger partial charge on any atom is 0.269 e. The Kier molecular flexibility index (Phi) is 4.79. The van der Waals surface area contributed by atoms with Gasteiger partial charge in [-0.3, -0.25) is 9.59 Å². The van der Waals surface area contributed by atoms with Crippen molar-refractivity contribution in [2.75, 3.05) is 20.6 Å². The molecule has 1 unspecified atom stereocenters. The first-order chi connectivity index (χ1) is 10.7. The molecule has 1 aromatic rings. The number of imidazole rings is 1. The predicted molar refractivity (Wildman–Crippen MR) is 88.0 cm³/mol. The van der Waals surface area contributed by atoms with Gasteiger partial charge in [-0.05, 0) is 25.4 Å². The Hall–Kier alpha value is -1.89. The van der Waals surface area contributed by atoms with E-state index in [1.165, 1.54) is 0 Å². The van der Waals surface area contributed by atoms with Crippen molar-refractivity contribution in [3.8, 4) is 0 Å². The Morgan fingerprint density at radius 1 is 1.30 bits per heavy atom. The minimum atomic E-state index is -0.542. The molecule has 0 saturated heterocycles. The number of hydrogen-bond acceptors (Lipinski definition) is 4. The standard InChI is InChI=1S/C16H27N5O2/c1-16(2,3)11(15(23)18-4)14-19-12(13(17)22)10-9-20(5)7-6-8-21(10)14/h11H,6-9H2,1-5H3,(H2,17,22)(H,18,23). The summed E-state index contributed by atoms with van der Waals surface area (Å²) in [6.07, 6.45) is 0.940. The van der Waals surface area contributed by atoms with E-state index in [0.717, 1.165) is 25.2 Å². The molecule has 0 spiro atoms. The second kappa shape index (κ2) is 6.31. The van der Waals surface area contributed by atoms with Crippen LogP contribution < -0.4 is 11.1 Å². The van der Waals surface area contributed by atoms with Crippen molar-refractivity contribution in [2.45, 2.75) is 46.2 Å². The van der Waals surface area contributed by atoms with Gasteiger partial charge >= 0.3 is 0 Å². The van der Waals surface area contributed by atoms with Crippen molar-refractivity contribution in [2.24, 2.45) is 11.1 Å². The Bertz CT molecular complexity index is 615. The number of hydrogen-bond donors (Lipinski definition) is 2. The lowest BCUT2D eigenvalue weighted by Gasteiger charge is -2.29. The first-order valence-electron chi connectivity index (χ1n) is 7.96. The van der Waals surface area contributed by atoms with Crippen LogP contribution in [0.1, 0.15) is 55.1 Å². The van der Waals surface area contributed by atoms with Crippen molar-refractivity contribution < 1.29 is 9.59 Å². The van der Waals surface area contributed by atoms with Crippen LogP contribution in [0.4, 0.5) is 0 Å². The highest BCUT2D eigenvalue weighted by atomic mass is 16.2. The molecule has 1 aliphatic heterocycles. The summed E-state index contributed by atoms with van der Waals surface area (Å²) in [7, 11) is 3.63. The fourth-order valence-corrected chi connectivity index (χ4v) is 3.21. The maximum atomic E-state index is 12.5. The first kappa shape index (κ1) is 17.5. The highest BCUT2D eigenvalue weighted by molar-refractivity contribution is 5.92. The minimum Gasteiger partial charge on any atom is -0.364 e. The Morgan fingerprint density at radius 2 is 1.96 bits per heavy atom. The second-order valence-corrected chi connectivity index (χ2v) is 7.29. The van der Waals surface area contributed by atoms with Crippen LogP contribution in [0.2, 0.25) is 0 Å². The lowest BCUT2D eigenvalue weighted by Crippen LogP contribution is -2.36. The second-order valence-electron chi connectivity index (χ2n) is 7.29. The molecule has 3 N–H and O–H groups in total. The molecule has 1 aliphatic rings. The van der Waals surface area contributed by atoms with Crippen LogP contribution in [0.15, 0.2) is 0 Å². The van der Waals surface area contributed by atoms with Crippen LogP contribution >= 0.6 is 0 Å². The zero-order valence-corrected chi connectivity index (χ0v) is 14.6. The molecule has 2 rings (SSSR count). The topological polar surface area (TPSA) is 93.3 Å². The van der Waals surface area contributed by atoms with Crippen molar-refractivity contribution >= 4 is 11.8 Å². The number of amides is 2. The van der Waals surface area contributed by atoms with Gasteiger partial charge in [0.25, 0.3) is 5.91 Å². The molecule has 0 aliphatic carbocycles. The fourth-order valence-electron chi connectivity index (χ4n) is 3.21. The average Bonchev–Trinajstić information content (AvgIpc) is 2.64. The number of fused-ring (bicyclic) bond motifs is 1. The molecule has 0 saturated carbocycles. The van der Waals surface area contributed by atoms with Gasteiger partial charge in [0, 0.05) is 20.1 Å². The SMILES string of the molecule is CNC(=O)C(c1nc(C(N)=O)c2n1CCCN(C)C2)C(C)(C)C. The predicted octanol–water partition coefficient (Wildman–Crippen LogP) is 0.693. The molecule has 1 atom stereocenters. The van der Waals surface area contributed by atoms with Gasteiger partial charge in [0.2, 0.25) is 5.91 Å². The van der Waals surface area contributed by atoms with Crippen molar-refractivity contribution in [3.05, 3.63) is 17.2 Å². The van der Waals surface area contributed by atoms with Crippen molar-refractivity contribution in [1.29, 1.82) is 0 Å². The van der Waals surface area contributed by atoms with Crippen LogP contribution in [0.3, 0.4) is 0 Å². The molecular weight excluding hydrogens is 294 g/mol. The van der Waals surface area contributed by atoms with Gasteiger partial charge in [-0.25, -0.2) is 4.98 Å². The molecule has 0 fully saturated rings. The number of carbonyl (C=O) groups is 2. The van der Waals surface area contributed by atoms with Crippen LogP contribution in [0, 0.1) is 5.41 Å². The molecule has 1 aromatic heterocycles. The summed E-state index contributed by atoms with van der Waals surface area (Å²) < 4.78 is 2.02. The van der Waals surface area contributed by atoms with E-state index in [2.05, 4.69) is 15.2 Å². The van der Waals surface area contributed by atoms with E-state index < -0.39 is 11.8 Å². The molecule has 7 heteroatoms. The number of nitrogens with two attached hydrogens (primary N) is 1. The third-order valence-electron chi connectivity index (χ3n) is 4.31. The van der Waals surface area contributed by atoms with E-state index in [4.69, 9.17) is 5.73 Å². The zero-order valence-electron chi connectivity index (χ0n) is 14.6. The normalized spacial score (nSPS) is 17.3. The molecule has 7 nitrogen and oxygen atoms in total. The van der Waals surface area contributed by atoms with E-state index in [-0.39, 0.29) is 17.0 Å². The van der Waals surface area contributed by atoms with Gasteiger partial charge in [0.1, 0.15) is 11.7 Å². The third kappa shape index (κ3) is 3.39. The smallest absolute Gasteiger partial charge is 0.269 e. The number of rotatable bonds is 3. The van der Waals surface area contributed by atoms with E-state index >= 15 is 0 Å². The van der Waals surface area contributed by atoms with E-state index in [1.807, 2.05) is 32.4 Å². The van der Waals surface area contributed by atoms with Gasteiger partial charge in [0.05, 0.1) is 5.69 Å². The van der Waals surface area contributed by atoms with Crippen molar-refractivity contribution in [1.82, 2.24) is 19.8 Å². The van der Waals surface area contributed by atoms with Crippen LogP contribution in [0.25, 0.3) is 0 Å². The van der Waals surface area contributed by atoms with E-state index in [0.29, 0.717) is 12.4 Å². The summed E-state index contributed by atoms with van der Waals surface area (Å²) in [6.45, 7) is 8.28. The van der Waals surface area contributed by atoms with Crippen LogP contribution in [-0.4, -0.2) is 46.9 Å². The van der Waals surface area contributed by atoms with Gasteiger partial charge in [-0.1, -0.05) is 20.8 Å². The van der Waals surface area contributed by atoms with E-state index in [1.54, 1.807) is 7.05 Å². The summed E-state index contributed by atoms with van der Waals surface area (Å²) in [5.41, 5.74) is 6.30. The summed E-state index contributed by atoms with van der Waals surface area (Å²) in [4.78, 5) is 31.0. The maximum absolute atomic E-state index is 12.5. The number of nitrogens with zero attached hydrogens (tertiary/aromatic N) is 3. The Morgan fingerprint density at radius 3 is 2.48 bits per heavy atom. The number of primary amides is 1. The third-order valence-corrected chi connectivity index (χ3v) is 4.31. The molecular formula is C16H27N5O2. The number of carbonyl (C=O) groups excluding carboxylic acids is 2. The molecule has 23 heavy (non-hydrogen) atoms. The fraction of sp³-hybridized carbons (Fsp3) is 0.688. The van der Waals surface area contributed by atoms with Gasteiger partial charge < -0.3 is 20.5 Å². The average molecular weight is 321 g/mol. The highest BCUT2D eigenvalue weighted by Crippen LogP contribution is 2.36. The van der Waals surface area contributed by atoms with Crippen molar-refractivity contribution in [3.63, 3.8) is 0 Å². The van der Waals surface area contributed by atoms with Gasteiger partial charge in [-0.15, -0.1) is 0 Å². The number of aromatic nitrogens is 2. The lowest BCUT2D eigenvalue weighted by molar-refractivity contribution is -0.124. The minimum absolute atomic E-state index is 0.0982. The highest BCUT2D eigenvalue weighted by Gasteiger charge is 2.38. The van der Waals surface area contributed by atoms with Gasteiger partial charge in [0.15, 0.2) is 5.69 Å². The Labute approximate surface area is 137 Å². The molecule has 2 heterocycles. The summed E-state index contributed by atoms with van der Waals surface area (Å²) >= 11 is 0. The lowest BCUT2D eigenvalue weighted by atomic mass is 9.79. The summed E-state index contributed by atoms with van der Waals surface area (Å²) in [5, 5.41) is 2.72. The zero-order chi connectivity index (χ0) is 17.4. The molecule has 2 amide bonds. The molecule has 0 radical (unpaired) electrons. The molecule has 0 aromatic carbocycles. The number of likely N-dealkylation sites (N-methyl/N-ethyl adjacent to an activating group) is 1. The quantitative estimate of drug-likeness (QED) is 0.857. The van der Waals surface area contributed by atoms with Crippen LogP contribution in [-0.2, 0) is 17.9 Å². The van der Waals surface area contributed by atoms with E-state index in [9.17, 15) is 9.59 Å². The Balaban J connectivity index is 2.64. The monoisotopic (exact) mass is 321 g/mol. The number of nitrogens with one attached hydrogen (secondary N) is 1. The summed E-state index contributed by atoms with van der Waals surface area (Å²) in [6, 6.07) is 0. The largest absolute Gasteiger partial charge is 0.364 e.